The van der Waals surface area contributed by atoms with Crippen LogP contribution in [0.5, 0.6) is 0 Å². The zero-order chi connectivity index (χ0) is 37.4. The summed E-state index contributed by atoms with van der Waals surface area (Å²) in [4.78, 5) is 70.3. The van der Waals surface area contributed by atoms with Crippen LogP contribution in [0.15, 0.2) is 12.1 Å². The van der Waals surface area contributed by atoms with Crippen LogP contribution in [-0.4, -0.2) is 118 Å². The minimum Gasteiger partial charge on any atom is -0.480 e. The zero-order valence-electron chi connectivity index (χ0n) is 29.7. The van der Waals surface area contributed by atoms with Gasteiger partial charge in [0.1, 0.15) is 30.4 Å². The third-order valence-corrected chi connectivity index (χ3v) is 8.68. The minimum absolute atomic E-state index is 0.0225. The molecule has 1 aromatic heterocycles. The number of carboxylic acids is 2. The van der Waals surface area contributed by atoms with Gasteiger partial charge in [-0.05, 0) is 37.8 Å². The SMILES string of the molecule is O=CCOCCOCCNC(=O)COCCOCCNC(=O)CC[C@H](NC(=O)CCCCCCCCCCCCc1ccc(C(=O)O)s1)C(=O)O. The number of thiophene rings is 1. The van der Waals surface area contributed by atoms with E-state index in [1.807, 2.05) is 6.07 Å². The lowest BCUT2D eigenvalue weighted by molar-refractivity contribution is -0.142. The Hall–Kier alpha value is -3.44. The summed E-state index contributed by atoms with van der Waals surface area (Å²) in [7, 11) is 0. The average molecular weight is 744 g/mol. The third kappa shape index (κ3) is 27.0. The van der Waals surface area contributed by atoms with Crippen molar-refractivity contribution >= 4 is 47.3 Å². The van der Waals surface area contributed by atoms with Crippen molar-refractivity contribution in [1.82, 2.24) is 16.0 Å². The van der Waals surface area contributed by atoms with E-state index in [-0.39, 0.29) is 76.6 Å². The molecule has 15 nitrogen and oxygen atoms in total. The van der Waals surface area contributed by atoms with Gasteiger partial charge in [-0.15, -0.1) is 11.3 Å². The first-order valence-electron chi connectivity index (χ1n) is 17.8. The Labute approximate surface area is 304 Å². The standard InChI is InChI=1S/C35H57N3O12S/c39-19-22-49-24-23-47-21-18-37-33(42)27-50-26-25-48-20-17-36-31(40)16-14-29(34(43)44)38-32(41)12-10-8-6-4-2-1-3-5-7-9-11-28-13-15-30(51-28)35(45)46/h13,15,19,29H,1-12,14,16-18,20-27H2,(H,36,40)(H,37,42)(H,38,41)(H,43,44)(H,45,46)/t29-/m0/s1. The lowest BCUT2D eigenvalue weighted by atomic mass is 10.0. The number of aliphatic carboxylic acids is 1. The van der Waals surface area contributed by atoms with Gasteiger partial charge in [0.25, 0.3) is 0 Å². The van der Waals surface area contributed by atoms with Crippen LogP contribution in [0, 0.1) is 0 Å². The first-order chi connectivity index (χ1) is 24.7. The predicted octanol–water partition coefficient (Wildman–Crippen LogP) is 3.13. The number of ether oxygens (including phenoxy) is 4. The molecule has 0 aromatic carbocycles. The zero-order valence-corrected chi connectivity index (χ0v) is 30.5. The van der Waals surface area contributed by atoms with Gasteiger partial charge in [0.15, 0.2) is 0 Å². The van der Waals surface area contributed by atoms with Gasteiger partial charge in [0.05, 0.1) is 39.6 Å². The third-order valence-electron chi connectivity index (χ3n) is 7.54. The average Bonchev–Trinajstić information content (AvgIpc) is 3.58. The molecule has 3 amide bonds. The molecule has 0 bridgehead atoms. The van der Waals surface area contributed by atoms with Crippen molar-refractivity contribution in [2.24, 2.45) is 0 Å². The first-order valence-corrected chi connectivity index (χ1v) is 18.7. The number of nitrogens with one attached hydrogen (secondary N) is 3. The number of amides is 3. The van der Waals surface area contributed by atoms with Crippen LogP contribution in [0.3, 0.4) is 0 Å². The van der Waals surface area contributed by atoms with Crippen LogP contribution in [0.2, 0.25) is 0 Å². The number of carbonyl (C=O) groups excluding carboxylic acids is 4. The highest BCUT2D eigenvalue weighted by atomic mass is 32.1. The Balaban J connectivity index is 1.95. The van der Waals surface area contributed by atoms with E-state index >= 15 is 0 Å². The van der Waals surface area contributed by atoms with E-state index in [0.29, 0.717) is 43.9 Å². The molecule has 0 saturated carbocycles. The molecule has 1 atom stereocenters. The van der Waals surface area contributed by atoms with E-state index in [1.54, 1.807) is 6.07 Å². The van der Waals surface area contributed by atoms with Gasteiger partial charge in [-0.25, -0.2) is 9.59 Å². The van der Waals surface area contributed by atoms with Gasteiger partial charge in [-0.2, -0.15) is 0 Å². The number of aryl methyl sites for hydroxylation is 1. The summed E-state index contributed by atoms with van der Waals surface area (Å²) >= 11 is 1.35. The Morgan fingerprint density at radius 3 is 1.82 bits per heavy atom. The number of carbonyl (C=O) groups is 6. The monoisotopic (exact) mass is 743 g/mol. The van der Waals surface area contributed by atoms with Gasteiger partial charge >= 0.3 is 11.9 Å². The van der Waals surface area contributed by atoms with Crippen molar-refractivity contribution in [1.29, 1.82) is 0 Å². The summed E-state index contributed by atoms with van der Waals surface area (Å²) in [6.07, 6.45) is 12.3. The fourth-order valence-corrected chi connectivity index (χ4v) is 5.71. The number of hydrogen-bond acceptors (Lipinski definition) is 11. The fraction of sp³-hybridized carbons (Fsp3) is 0.714. The number of aldehydes is 1. The van der Waals surface area contributed by atoms with Crippen LogP contribution in [0.25, 0.3) is 0 Å². The van der Waals surface area contributed by atoms with Crippen LogP contribution in [0.1, 0.15) is 98.0 Å². The Morgan fingerprint density at radius 1 is 0.667 bits per heavy atom. The van der Waals surface area contributed by atoms with E-state index in [1.165, 1.54) is 30.6 Å². The van der Waals surface area contributed by atoms with Gasteiger partial charge in [0, 0.05) is 30.8 Å². The summed E-state index contributed by atoms with van der Waals surface area (Å²) in [5.74, 6) is -3.03. The highest BCUT2D eigenvalue weighted by Gasteiger charge is 2.20. The van der Waals surface area contributed by atoms with Crippen LogP contribution in [0.4, 0.5) is 0 Å². The second-order valence-electron chi connectivity index (χ2n) is 11.8. The molecule has 0 saturated heterocycles. The van der Waals surface area contributed by atoms with Gasteiger partial charge in [-0.3, -0.25) is 14.4 Å². The smallest absolute Gasteiger partial charge is 0.345 e. The van der Waals surface area contributed by atoms with E-state index in [9.17, 15) is 33.9 Å². The number of unbranched alkanes of at least 4 members (excludes halogenated alkanes) is 9. The molecule has 290 valence electrons. The molecule has 0 radical (unpaired) electrons. The molecule has 0 fully saturated rings. The fourth-order valence-electron chi connectivity index (χ4n) is 4.83. The summed E-state index contributed by atoms with van der Waals surface area (Å²) in [6.45, 7) is 1.98. The summed E-state index contributed by atoms with van der Waals surface area (Å²) in [5, 5.41) is 26.3. The molecule has 1 rings (SSSR count). The number of hydrogen-bond donors (Lipinski definition) is 5. The Kier molecular flexibility index (Phi) is 28.0. The van der Waals surface area contributed by atoms with E-state index in [4.69, 9.17) is 24.1 Å². The summed E-state index contributed by atoms with van der Waals surface area (Å²) < 4.78 is 20.7. The lowest BCUT2D eigenvalue weighted by Gasteiger charge is -2.14. The highest BCUT2D eigenvalue weighted by Crippen LogP contribution is 2.19. The predicted molar refractivity (Wildman–Crippen MR) is 190 cm³/mol. The normalized spacial score (nSPS) is 11.5. The van der Waals surface area contributed by atoms with Crippen LogP contribution in [-0.2, 0) is 49.3 Å². The largest absolute Gasteiger partial charge is 0.480 e. The second-order valence-corrected chi connectivity index (χ2v) is 13.0. The molecule has 16 heteroatoms. The van der Waals surface area contributed by atoms with Gasteiger partial charge in [0.2, 0.25) is 17.7 Å². The van der Waals surface area contributed by atoms with Crippen LogP contribution >= 0.6 is 11.3 Å². The van der Waals surface area contributed by atoms with Crippen molar-refractivity contribution in [3.8, 4) is 0 Å². The maximum absolute atomic E-state index is 12.3. The molecule has 5 N–H and O–H groups in total. The van der Waals surface area contributed by atoms with Gasteiger partial charge in [-0.1, -0.05) is 51.4 Å². The van der Waals surface area contributed by atoms with Crippen molar-refractivity contribution < 1.29 is 57.9 Å². The van der Waals surface area contributed by atoms with Crippen molar-refractivity contribution in [2.75, 3.05) is 65.9 Å². The first kappa shape index (κ1) is 45.6. The van der Waals surface area contributed by atoms with E-state index in [0.717, 1.165) is 49.8 Å². The van der Waals surface area contributed by atoms with Crippen molar-refractivity contribution in [2.45, 2.75) is 95.9 Å². The number of aromatic carboxylic acids is 1. The molecule has 0 aliphatic carbocycles. The number of carboxylic acid groups (broad SMARTS) is 2. The minimum atomic E-state index is -1.18. The van der Waals surface area contributed by atoms with Gasteiger partial charge < -0.3 is 49.9 Å². The molecular weight excluding hydrogens is 686 g/mol. The molecule has 0 aliphatic heterocycles. The van der Waals surface area contributed by atoms with Crippen molar-refractivity contribution in [3.63, 3.8) is 0 Å². The molecule has 51 heavy (non-hydrogen) atoms. The maximum Gasteiger partial charge on any atom is 0.345 e. The molecule has 0 spiro atoms. The molecule has 1 aromatic rings. The molecule has 1 heterocycles. The Morgan fingerprint density at radius 2 is 1.24 bits per heavy atom. The topological polar surface area (TPSA) is 216 Å². The maximum atomic E-state index is 12.3. The van der Waals surface area contributed by atoms with E-state index < -0.39 is 18.0 Å². The lowest BCUT2D eigenvalue weighted by Crippen LogP contribution is -2.41. The highest BCUT2D eigenvalue weighted by molar-refractivity contribution is 7.13. The molecule has 0 unspecified atom stereocenters. The second kappa shape index (κ2) is 31.3. The molecular formula is C35H57N3O12S. The van der Waals surface area contributed by atoms with Crippen LogP contribution < -0.4 is 16.0 Å². The number of rotatable bonds is 35. The van der Waals surface area contributed by atoms with E-state index in [2.05, 4.69) is 16.0 Å². The van der Waals surface area contributed by atoms with Crippen molar-refractivity contribution in [3.05, 3.63) is 21.9 Å². The summed E-state index contributed by atoms with van der Waals surface area (Å²) in [5.41, 5.74) is 0. The quantitative estimate of drug-likeness (QED) is 0.0501. The summed E-state index contributed by atoms with van der Waals surface area (Å²) in [6, 6.07) is 2.43. The Bertz CT molecular complexity index is 1130. The molecule has 0 aliphatic rings.